The Labute approximate surface area is 156 Å². The summed E-state index contributed by atoms with van der Waals surface area (Å²) in [6, 6.07) is 7.42. The average molecular weight is 373 g/mol. The summed E-state index contributed by atoms with van der Waals surface area (Å²) in [5.74, 6) is -3.44. The van der Waals surface area contributed by atoms with Crippen molar-refractivity contribution in [1.82, 2.24) is 5.32 Å². The van der Waals surface area contributed by atoms with Gasteiger partial charge in [0.15, 0.2) is 0 Å². The molecule has 0 aliphatic carbocycles. The van der Waals surface area contributed by atoms with Crippen LogP contribution >= 0.6 is 0 Å². The summed E-state index contributed by atoms with van der Waals surface area (Å²) in [4.78, 5) is 24.6. The standard InChI is InChI=1S/C21H21F2NO3/c1-11-5-17(22)20(18(23)6-11)16-10-24-21(27)15(16)9-14(25)7-13-4-3-12(2)19(26)8-13/h3-6,8,15-16,26H,7,9-10H2,1-2H3,(H,24,27)/t15-,16+/m0/s1. The molecular formula is C21H21F2NO3. The summed E-state index contributed by atoms with van der Waals surface area (Å²) in [5, 5.41) is 12.4. The van der Waals surface area contributed by atoms with Gasteiger partial charge in [-0.25, -0.2) is 8.78 Å². The van der Waals surface area contributed by atoms with Crippen LogP contribution in [0.25, 0.3) is 0 Å². The molecule has 3 rings (SSSR count). The normalized spacial score (nSPS) is 19.2. The van der Waals surface area contributed by atoms with Crippen molar-refractivity contribution in [2.45, 2.75) is 32.6 Å². The average Bonchev–Trinajstić information content (AvgIpc) is 2.91. The van der Waals surface area contributed by atoms with Gasteiger partial charge in [0, 0.05) is 30.9 Å². The Morgan fingerprint density at radius 3 is 2.48 bits per heavy atom. The third-order valence-corrected chi connectivity index (χ3v) is 5.04. The highest BCUT2D eigenvalue weighted by molar-refractivity contribution is 5.90. The van der Waals surface area contributed by atoms with Crippen molar-refractivity contribution in [2.75, 3.05) is 6.54 Å². The smallest absolute Gasteiger partial charge is 0.224 e. The Morgan fingerprint density at radius 2 is 1.85 bits per heavy atom. The Balaban J connectivity index is 1.79. The third-order valence-electron chi connectivity index (χ3n) is 5.04. The van der Waals surface area contributed by atoms with E-state index >= 15 is 0 Å². The highest BCUT2D eigenvalue weighted by atomic mass is 19.1. The molecule has 1 amide bonds. The van der Waals surface area contributed by atoms with E-state index in [2.05, 4.69) is 5.32 Å². The molecule has 6 heteroatoms. The first kappa shape index (κ1) is 19.0. The number of hydrogen-bond acceptors (Lipinski definition) is 3. The number of phenolic OH excluding ortho intramolecular Hbond substituents is 1. The number of aromatic hydroxyl groups is 1. The van der Waals surface area contributed by atoms with Crippen LogP contribution in [0, 0.1) is 31.4 Å². The van der Waals surface area contributed by atoms with Crippen molar-refractivity contribution in [3.05, 3.63) is 64.2 Å². The van der Waals surface area contributed by atoms with Crippen LogP contribution in [0.3, 0.4) is 0 Å². The molecule has 0 aromatic heterocycles. The van der Waals surface area contributed by atoms with Crippen LogP contribution in [0.4, 0.5) is 8.78 Å². The zero-order valence-corrected chi connectivity index (χ0v) is 15.2. The van der Waals surface area contributed by atoms with E-state index in [1.165, 1.54) is 18.2 Å². The van der Waals surface area contributed by atoms with Gasteiger partial charge in [-0.1, -0.05) is 12.1 Å². The molecule has 2 N–H and O–H groups in total. The van der Waals surface area contributed by atoms with Gasteiger partial charge in [-0.2, -0.15) is 0 Å². The molecule has 0 bridgehead atoms. The minimum atomic E-state index is -0.816. The van der Waals surface area contributed by atoms with Crippen LogP contribution < -0.4 is 5.32 Å². The number of nitrogens with one attached hydrogen (secondary N) is 1. The zero-order valence-electron chi connectivity index (χ0n) is 15.2. The summed E-state index contributed by atoms with van der Waals surface area (Å²) in [6.07, 6.45) is -0.0684. The van der Waals surface area contributed by atoms with E-state index < -0.39 is 23.5 Å². The number of carbonyl (C=O) groups excluding carboxylic acids is 2. The Bertz CT molecular complexity index is 887. The Morgan fingerprint density at radius 1 is 1.19 bits per heavy atom. The quantitative estimate of drug-likeness (QED) is 0.845. The van der Waals surface area contributed by atoms with Crippen molar-refractivity contribution < 1.29 is 23.5 Å². The van der Waals surface area contributed by atoms with E-state index in [1.807, 2.05) is 0 Å². The number of hydrogen-bond donors (Lipinski definition) is 2. The molecule has 142 valence electrons. The minimum Gasteiger partial charge on any atom is -0.508 e. The molecule has 1 aliphatic heterocycles. The number of Topliss-reactive ketones (excluding diaryl/α,β-unsaturated/α-hetero) is 1. The maximum atomic E-state index is 14.3. The van der Waals surface area contributed by atoms with Gasteiger partial charge in [-0.15, -0.1) is 0 Å². The van der Waals surface area contributed by atoms with Gasteiger partial charge in [0.25, 0.3) is 0 Å². The fourth-order valence-corrected chi connectivity index (χ4v) is 3.58. The summed E-state index contributed by atoms with van der Waals surface area (Å²) < 4.78 is 28.7. The van der Waals surface area contributed by atoms with Gasteiger partial charge in [-0.3, -0.25) is 9.59 Å². The number of phenols is 1. The molecule has 0 radical (unpaired) electrons. The first-order valence-electron chi connectivity index (χ1n) is 8.79. The summed E-state index contributed by atoms with van der Waals surface area (Å²) >= 11 is 0. The van der Waals surface area contributed by atoms with Crippen LogP contribution in [0.2, 0.25) is 0 Å². The third kappa shape index (κ3) is 3.99. The lowest BCUT2D eigenvalue weighted by atomic mass is 9.83. The fraction of sp³-hybridized carbons (Fsp3) is 0.333. The van der Waals surface area contributed by atoms with Crippen molar-refractivity contribution >= 4 is 11.7 Å². The number of rotatable bonds is 5. The van der Waals surface area contributed by atoms with E-state index in [9.17, 15) is 23.5 Å². The number of ketones is 1. The first-order chi connectivity index (χ1) is 12.8. The van der Waals surface area contributed by atoms with Gasteiger partial charge >= 0.3 is 0 Å². The highest BCUT2D eigenvalue weighted by Gasteiger charge is 2.39. The number of halogens is 2. The van der Waals surface area contributed by atoms with E-state index in [-0.39, 0.29) is 42.4 Å². The molecule has 0 saturated carbocycles. The molecule has 2 aromatic carbocycles. The number of aryl methyl sites for hydroxylation is 2. The van der Waals surface area contributed by atoms with Crippen LogP contribution in [0.5, 0.6) is 5.75 Å². The predicted molar refractivity (Wildman–Crippen MR) is 96.5 cm³/mol. The van der Waals surface area contributed by atoms with Crippen LogP contribution in [-0.2, 0) is 16.0 Å². The van der Waals surface area contributed by atoms with Gasteiger partial charge < -0.3 is 10.4 Å². The lowest BCUT2D eigenvalue weighted by Crippen LogP contribution is -2.23. The molecule has 1 aliphatic rings. The molecule has 4 nitrogen and oxygen atoms in total. The molecule has 2 atom stereocenters. The maximum absolute atomic E-state index is 14.3. The van der Waals surface area contributed by atoms with Crippen molar-refractivity contribution in [3.8, 4) is 5.75 Å². The van der Waals surface area contributed by atoms with Gasteiger partial charge in [0.1, 0.15) is 23.2 Å². The van der Waals surface area contributed by atoms with Crippen LogP contribution in [0.1, 0.15) is 34.6 Å². The predicted octanol–water partition coefficient (Wildman–Crippen LogP) is 3.32. The van der Waals surface area contributed by atoms with Gasteiger partial charge in [0.2, 0.25) is 5.91 Å². The van der Waals surface area contributed by atoms with Crippen LogP contribution in [0.15, 0.2) is 30.3 Å². The monoisotopic (exact) mass is 373 g/mol. The van der Waals surface area contributed by atoms with E-state index in [0.717, 1.165) is 0 Å². The second-order valence-corrected chi connectivity index (χ2v) is 7.14. The van der Waals surface area contributed by atoms with Crippen molar-refractivity contribution in [2.24, 2.45) is 5.92 Å². The fourth-order valence-electron chi connectivity index (χ4n) is 3.58. The van der Waals surface area contributed by atoms with Gasteiger partial charge in [0.05, 0.1) is 5.92 Å². The summed E-state index contributed by atoms with van der Waals surface area (Å²) in [5.41, 5.74) is 1.64. The largest absolute Gasteiger partial charge is 0.508 e. The maximum Gasteiger partial charge on any atom is 0.224 e. The van der Waals surface area contributed by atoms with E-state index in [0.29, 0.717) is 16.7 Å². The molecule has 0 spiro atoms. The number of carbonyl (C=O) groups is 2. The molecule has 1 fully saturated rings. The lowest BCUT2D eigenvalue weighted by Gasteiger charge is -2.18. The Kier molecular flexibility index (Phi) is 5.26. The second-order valence-electron chi connectivity index (χ2n) is 7.14. The molecule has 1 saturated heterocycles. The second kappa shape index (κ2) is 7.47. The van der Waals surface area contributed by atoms with Crippen LogP contribution in [-0.4, -0.2) is 23.3 Å². The zero-order chi connectivity index (χ0) is 19.7. The van der Waals surface area contributed by atoms with E-state index in [1.54, 1.807) is 26.0 Å². The Hall–Kier alpha value is -2.76. The highest BCUT2D eigenvalue weighted by Crippen LogP contribution is 2.35. The molecule has 1 heterocycles. The topological polar surface area (TPSA) is 66.4 Å². The minimum absolute atomic E-state index is 0.0448. The SMILES string of the molecule is Cc1cc(F)c([C@@H]2CNC(=O)[C@H]2CC(=O)Cc2ccc(C)c(O)c2)c(F)c1. The molecular weight excluding hydrogens is 352 g/mol. The molecule has 0 unspecified atom stereocenters. The summed E-state index contributed by atoms with van der Waals surface area (Å²) in [7, 11) is 0. The van der Waals surface area contributed by atoms with E-state index in [4.69, 9.17) is 0 Å². The summed E-state index contributed by atoms with van der Waals surface area (Å²) in [6.45, 7) is 3.43. The molecule has 2 aromatic rings. The number of benzene rings is 2. The van der Waals surface area contributed by atoms with Crippen molar-refractivity contribution in [3.63, 3.8) is 0 Å². The van der Waals surface area contributed by atoms with Crippen molar-refractivity contribution in [1.29, 1.82) is 0 Å². The lowest BCUT2D eigenvalue weighted by molar-refractivity contribution is -0.127. The van der Waals surface area contributed by atoms with Gasteiger partial charge in [-0.05, 0) is 48.7 Å². The first-order valence-corrected chi connectivity index (χ1v) is 8.79. The number of amides is 1. The molecule has 27 heavy (non-hydrogen) atoms.